The molecule has 0 aliphatic heterocycles. The molecule has 0 radical (unpaired) electrons. The van der Waals surface area contributed by atoms with Crippen LogP contribution < -0.4 is 5.48 Å². The van der Waals surface area contributed by atoms with Crippen molar-refractivity contribution in [2.45, 2.75) is 42.8 Å². The monoisotopic (exact) mass is 451 g/mol. The van der Waals surface area contributed by atoms with Gasteiger partial charge in [0.05, 0.1) is 20.9 Å². The molecule has 162 valence electrons. The lowest BCUT2D eigenvalue weighted by atomic mass is 9.96. The van der Waals surface area contributed by atoms with Crippen LogP contribution in [0.3, 0.4) is 0 Å². The first kappa shape index (κ1) is 23.8. The summed E-state index contributed by atoms with van der Waals surface area (Å²) in [5.74, 6) is -2.60. The highest BCUT2D eigenvalue weighted by Gasteiger charge is 2.39. The molecule has 9 heteroatoms. The van der Waals surface area contributed by atoms with E-state index < -0.39 is 37.2 Å². The van der Waals surface area contributed by atoms with E-state index in [1.165, 1.54) is 24.5 Å². The lowest BCUT2D eigenvalue weighted by Crippen LogP contribution is -2.43. The molecule has 7 nitrogen and oxygen atoms in total. The number of sulfone groups is 1. The van der Waals surface area contributed by atoms with Gasteiger partial charge in [0.2, 0.25) is 10.3 Å². The quantitative estimate of drug-likeness (QED) is 0.248. The third kappa shape index (κ3) is 6.01. The Morgan fingerprint density at radius 1 is 1.00 bits per heavy atom. The van der Waals surface area contributed by atoms with Crippen LogP contribution in [0, 0.1) is 5.92 Å². The fourth-order valence-corrected chi connectivity index (χ4v) is 5.84. The Morgan fingerprint density at radius 3 is 2.10 bits per heavy atom. The van der Waals surface area contributed by atoms with Crippen LogP contribution in [0.2, 0.25) is 0 Å². The van der Waals surface area contributed by atoms with Crippen LogP contribution in [0.5, 0.6) is 0 Å². The summed E-state index contributed by atoms with van der Waals surface area (Å²) in [4.78, 5) is 12.1. The minimum Gasteiger partial charge on any atom is -0.289 e. The van der Waals surface area contributed by atoms with Crippen molar-refractivity contribution >= 4 is 30.9 Å². The van der Waals surface area contributed by atoms with Crippen molar-refractivity contribution in [1.29, 1.82) is 0 Å². The van der Waals surface area contributed by atoms with E-state index in [2.05, 4.69) is 0 Å². The SMILES string of the molecule is CC([C@H](C(=O)NO)C(CCCCc1ccccc1)=S(=O)=O)S(=O)(=O)c1ccccc1. The summed E-state index contributed by atoms with van der Waals surface area (Å²) in [6.45, 7) is 1.28. The van der Waals surface area contributed by atoms with Gasteiger partial charge in [-0.1, -0.05) is 48.5 Å². The summed E-state index contributed by atoms with van der Waals surface area (Å²) < 4.78 is 49.7. The zero-order valence-corrected chi connectivity index (χ0v) is 18.2. The second-order valence-electron chi connectivity index (χ2n) is 6.91. The number of nitrogens with one attached hydrogen (secondary N) is 1. The lowest BCUT2D eigenvalue weighted by Gasteiger charge is -2.23. The number of unbranched alkanes of at least 4 members (excludes halogenated alkanes) is 1. The van der Waals surface area contributed by atoms with E-state index in [0.717, 1.165) is 12.0 Å². The third-order valence-electron chi connectivity index (χ3n) is 4.97. The Kier molecular flexibility index (Phi) is 8.76. The molecule has 2 aromatic rings. The molecule has 0 aliphatic rings. The molecular weight excluding hydrogens is 426 g/mol. The van der Waals surface area contributed by atoms with Gasteiger partial charge in [-0.3, -0.25) is 10.0 Å². The number of carbonyl (C=O) groups is 1. The standard InChI is InChI=1S/C21H25NO6S2/c1-16(30(27,28)18-13-6-3-7-14-18)20(21(23)22-24)19(29(25)26)15-9-8-12-17-10-4-2-5-11-17/h2-7,10-11,13-14,16,20,24H,8-9,12,15H2,1H3,(H,22,23)/t16?,20-/m0/s1. The first-order chi connectivity index (χ1) is 14.3. The summed E-state index contributed by atoms with van der Waals surface area (Å²) in [5, 5.41) is 7.75. The van der Waals surface area contributed by atoms with E-state index in [4.69, 9.17) is 5.21 Å². The van der Waals surface area contributed by atoms with Crippen molar-refractivity contribution in [3.05, 3.63) is 66.2 Å². The van der Waals surface area contributed by atoms with Crippen molar-refractivity contribution < 1.29 is 26.8 Å². The molecule has 0 heterocycles. The molecule has 1 unspecified atom stereocenters. The average molecular weight is 452 g/mol. The van der Waals surface area contributed by atoms with Crippen molar-refractivity contribution in [2.24, 2.45) is 5.92 Å². The van der Waals surface area contributed by atoms with E-state index in [0.29, 0.717) is 12.8 Å². The second-order valence-corrected chi connectivity index (χ2v) is 10.2. The number of carbonyl (C=O) groups excluding carboxylic acids is 1. The fraction of sp³-hybridized carbons (Fsp3) is 0.333. The summed E-state index contributed by atoms with van der Waals surface area (Å²) >= 11 is 0. The maximum Gasteiger partial charge on any atom is 0.252 e. The Morgan fingerprint density at radius 2 is 1.57 bits per heavy atom. The molecule has 2 N–H and O–H groups in total. The highest BCUT2D eigenvalue weighted by molar-refractivity contribution is 7.92. The molecule has 2 atom stereocenters. The van der Waals surface area contributed by atoms with Crippen LogP contribution >= 0.6 is 0 Å². The summed E-state index contributed by atoms with van der Waals surface area (Å²) in [6, 6.07) is 17.2. The molecule has 0 bridgehead atoms. The van der Waals surface area contributed by atoms with Crippen LogP contribution in [0.4, 0.5) is 0 Å². The summed E-state index contributed by atoms with van der Waals surface area (Å²) in [6.07, 6.45) is 1.87. The maximum atomic E-state index is 13.0. The Bertz CT molecular complexity index is 1070. The minimum atomic E-state index is -4.01. The van der Waals surface area contributed by atoms with Crippen LogP contribution in [0.25, 0.3) is 0 Å². The van der Waals surface area contributed by atoms with E-state index >= 15 is 0 Å². The van der Waals surface area contributed by atoms with Gasteiger partial charge in [0.25, 0.3) is 5.91 Å². The molecule has 0 aliphatic carbocycles. The summed E-state index contributed by atoms with van der Waals surface area (Å²) in [7, 11) is -6.80. The highest BCUT2D eigenvalue weighted by atomic mass is 32.2. The van der Waals surface area contributed by atoms with E-state index in [1.807, 2.05) is 30.3 Å². The average Bonchev–Trinajstić information content (AvgIpc) is 2.76. The van der Waals surface area contributed by atoms with Crippen LogP contribution in [-0.2, 0) is 31.3 Å². The molecule has 0 saturated carbocycles. The minimum absolute atomic E-state index is 0.0200. The molecule has 0 saturated heterocycles. The number of hydrogen-bond acceptors (Lipinski definition) is 6. The number of hydroxylamine groups is 1. The van der Waals surface area contributed by atoms with Crippen molar-refractivity contribution in [2.75, 3.05) is 0 Å². The van der Waals surface area contributed by atoms with Crippen molar-refractivity contribution in [3.63, 3.8) is 0 Å². The first-order valence-corrected chi connectivity index (χ1v) is 12.1. The fourth-order valence-electron chi connectivity index (χ4n) is 3.31. The van der Waals surface area contributed by atoms with Gasteiger partial charge in [0, 0.05) is 0 Å². The first-order valence-electron chi connectivity index (χ1n) is 9.50. The van der Waals surface area contributed by atoms with E-state index in [-0.39, 0.29) is 16.2 Å². The zero-order chi connectivity index (χ0) is 22.1. The largest absolute Gasteiger partial charge is 0.289 e. The predicted molar refractivity (Wildman–Crippen MR) is 114 cm³/mol. The smallest absolute Gasteiger partial charge is 0.252 e. The normalized spacial score (nSPS) is 13.3. The Labute approximate surface area is 178 Å². The van der Waals surface area contributed by atoms with E-state index in [1.54, 1.807) is 18.2 Å². The topological polar surface area (TPSA) is 118 Å². The maximum absolute atomic E-state index is 13.0. The van der Waals surface area contributed by atoms with Crippen LogP contribution in [0.1, 0.15) is 31.7 Å². The van der Waals surface area contributed by atoms with Gasteiger partial charge in [-0.05, 0) is 50.3 Å². The van der Waals surface area contributed by atoms with Gasteiger partial charge in [0.15, 0.2) is 9.84 Å². The highest BCUT2D eigenvalue weighted by Crippen LogP contribution is 2.24. The Balaban J connectivity index is 2.24. The zero-order valence-electron chi connectivity index (χ0n) is 16.6. The van der Waals surface area contributed by atoms with Gasteiger partial charge in [-0.25, -0.2) is 13.9 Å². The van der Waals surface area contributed by atoms with Gasteiger partial charge in [0.1, 0.15) is 0 Å². The lowest BCUT2D eigenvalue weighted by molar-refractivity contribution is -0.131. The number of aryl methyl sites for hydroxylation is 1. The molecule has 0 spiro atoms. The van der Waals surface area contributed by atoms with Gasteiger partial charge in [-0.15, -0.1) is 0 Å². The molecule has 1 amide bonds. The number of rotatable bonds is 10. The van der Waals surface area contributed by atoms with Gasteiger partial charge in [-0.2, -0.15) is 8.42 Å². The van der Waals surface area contributed by atoms with Crippen LogP contribution in [0.15, 0.2) is 65.6 Å². The van der Waals surface area contributed by atoms with Gasteiger partial charge >= 0.3 is 0 Å². The predicted octanol–water partition coefficient (Wildman–Crippen LogP) is 2.43. The molecule has 0 aromatic heterocycles. The summed E-state index contributed by atoms with van der Waals surface area (Å²) in [5.41, 5.74) is 2.53. The molecule has 30 heavy (non-hydrogen) atoms. The van der Waals surface area contributed by atoms with Crippen molar-refractivity contribution in [1.82, 2.24) is 5.48 Å². The molecular formula is C21H25NO6S2. The molecule has 0 fully saturated rings. The number of benzene rings is 2. The van der Waals surface area contributed by atoms with Crippen molar-refractivity contribution in [3.8, 4) is 0 Å². The number of amides is 1. The molecule has 2 rings (SSSR count). The van der Waals surface area contributed by atoms with Gasteiger partial charge < -0.3 is 0 Å². The second kappa shape index (κ2) is 11.1. The number of hydrogen-bond donors (Lipinski definition) is 2. The Hall–Kier alpha value is -2.49. The molecule has 2 aromatic carbocycles. The third-order valence-corrected chi connectivity index (χ3v) is 8.03. The van der Waals surface area contributed by atoms with Crippen LogP contribution in [-0.4, -0.2) is 38.1 Å². The van der Waals surface area contributed by atoms with E-state index in [9.17, 15) is 21.6 Å².